The van der Waals surface area contributed by atoms with E-state index in [0.717, 1.165) is 32.8 Å². The monoisotopic (exact) mass is 363 g/mol. The van der Waals surface area contributed by atoms with Gasteiger partial charge < -0.3 is 14.5 Å². The average molecular weight is 363 g/mol. The number of hydrogen-bond acceptors (Lipinski definition) is 4. The highest BCUT2D eigenvalue weighted by atomic mass is 32.1. The van der Waals surface area contributed by atoms with Crippen molar-refractivity contribution in [2.45, 2.75) is 6.42 Å². The topological polar surface area (TPSA) is 51.5 Å². The van der Waals surface area contributed by atoms with Gasteiger partial charge >= 0.3 is 0 Å². The predicted octanol–water partition coefficient (Wildman–Crippen LogP) is 5.35. The lowest BCUT2D eigenvalue weighted by molar-refractivity contribution is -0.115. The SMILES string of the molecule is COc1ccc2c(CC(=O)Nc3ccccc3-c3cccs3)coc2c1. The summed E-state index contributed by atoms with van der Waals surface area (Å²) >= 11 is 1.65. The second-order valence-corrected chi connectivity index (χ2v) is 6.82. The molecule has 2 heterocycles. The number of thiophene rings is 1. The van der Waals surface area contributed by atoms with Crippen LogP contribution in [0.15, 0.2) is 70.7 Å². The summed E-state index contributed by atoms with van der Waals surface area (Å²) < 4.78 is 10.8. The van der Waals surface area contributed by atoms with Gasteiger partial charge in [0.25, 0.3) is 0 Å². The Balaban J connectivity index is 1.55. The first-order valence-corrected chi connectivity index (χ1v) is 9.09. The van der Waals surface area contributed by atoms with Crippen molar-refractivity contribution >= 4 is 33.9 Å². The quantitative estimate of drug-likeness (QED) is 0.520. The highest BCUT2D eigenvalue weighted by molar-refractivity contribution is 7.13. The number of nitrogens with one attached hydrogen (secondary N) is 1. The van der Waals surface area contributed by atoms with Crippen molar-refractivity contribution < 1.29 is 13.9 Å². The van der Waals surface area contributed by atoms with Gasteiger partial charge in [0.15, 0.2) is 0 Å². The zero-order valence-corrected chi connectivity index (χ0v) is 15.0. The van der Waals surface area contributed by atoms with Gasteiger partial charge in [-0.3, -0.25) is 4.79 Å². The third kappa shape index (κ3) is 3.21. The van der Waals surface area contributed by atoms with E-state index in [0.29, 0.717) is 5.58 Å². The van der Waals surface area contributed by atoms with Crippen LogP contribution in [0.3, 0.4) is 0 Å². The molecule has 0 aliphatic carbocycles. The summed E-state index contributed by atoms with van der Waals surface area (Å²) in [5.74, 6) is 0.653. The highest BCUT2D eigenvalue weighted by Gasteiger charge is 2.13. The Hall–Kier alpha value is -3.05. The number of hydrogen-bond donors (Lipinski definition) is 1. The third-order valence-corrected chi connectivity index (χ3v) is 5.10. The Morgan fingerprint density at radius 1 is 1.15 bits per heavy atom. The summed E-state index contributed by atoms with van der Waals surface area (Å²) in [6.07, 6.45) is 1.88. The molecule has 130 valence electrons. The highest BCUT2D eigenvalue weighted by Crippen LogP contribution is 2.32. The van der Waals surface area contributed by atoms with Crippen LogP contribution in [0.2, 0.25) is 0 Å². The van der Waals surface area contributed by atoms with E-state index in [-0.39, 0.29) is 12.3 Å². The van der Waals surface area contributed by atoms with Crippen molar-refractivity contribution in [1.82, 2.24) is 0 Å². The molecule has 0 radical (unpaired) electrons. The summed E-state index contributed by atoms with van der Waals surface area (Å²) in [6.45, 7) is 0. The van der Waals surface area contributed by atoms with Gasteiger partial charge in [-0.05, 0) is 29.6 Å². The minimum atomic E-state index is -0.0764. The van der Waals surface area contributed by atoms with E-state index < -0.39 is 0 Å². The number of carbonyl (C=O) groups excluding carboxylic acids is 1. The van der Waals surface area contributed by atoms with Crippen LogP contribution in [0.25, 0.3) is 21.4 Å². The van der Waals surface area contributed by atoms with Gasteiger partial charge in [-0.15, -0.1) is 11.3 Å². The molecule has 1 amide bonds. The van der Waals surface area contributed by atoms with Crippen molar-refractivity contribution in [3.63, 3.8) is 0 Å². The van der Waals surface area contributed by atoms with Gasteiger partial charge in [-0.1, -0.05) is 24.3 Å². The molecule has 0 aliphatic heterocycles. The molecule has 5 heteroatoms. The molecule has 0 aliphatic rings. The molecule has 0 saturated heterocycles. The third-order valence-electron chi connectivity index (χ3n) is 4.20. The van der Waals surface area contributed by atoms with E-state index in [9.17, 15) is 4.79 Å². The Morgan fingerprint density at radius 2 is 2.04 bits per heavy atom. The first-order valence-electron chi connectivity index (χ1n) is 8.21. The molecule has 4 aromatic rings. The molecular formula is C21H17NO3S. The maximum atomic E-state index is 12.6. The molecule has 2 aromatic heterocycles. The molecule has 0 spiro atoms. The molecule has 26 heavy (non-hydrogen) atoms. The summed E-state index contributed by atoms with van der Waals surface area (Å²) in [5, 5.41) is 5.98. The second kappa shape index (κ2) is 7.06. The van der Waals surface area contributed by atoms with Crippen LogP contribution in [0, 0.1) is 0 Å². The number of anilines is 1. The molecule has 2 aromatic carbocycles. The number of rotatable bonds is 5. The number of furan rings is 1. The standard InChI is InChI=1S/C21H17NO3S/c1-24-15-8-9-16-14(13-25-19(16)12-15)11-21(23)22-18-6-3-2-5-17(18)20-7-4-10-26-20/h2-10,12-13H,11H2,1H3,(H,22,23). The molecular weight excluding hydrogens is 346 g/mol. The molecule has 0 bridgehead atoms. The fourth-order valence-corrected chi connectivity index (χ4v) is 3.70. The van der Waals surface area contributed by atoms with Gasteiger partial charge in [0, 0.05) is 33.1 Å². The van der Waals surface area contributed by atoms with E-state index in [1.807, 2.05) is 60.0 Å². The van der Waals surface area contributed by atoms with Gasteiger partial charge in [-0.2, -0.15) is 0 Å². The van der Waals surface area contributed by atoms with Crippen LogP contribution in [-0.2, 0) is 11.2 Å². The van der Waals surface area contributed by atoms with Crippen molar-refractivity contribution in [3.05, 3.63) is 71.8 Å². The first-order chi connectivity index (χ1) is 12.7. The summed E-state index contributed by atoms with van der Waals surface area (Å²) in [4.78, 5) is 13.7. The van der Waals surface area contributed by atoms with Crippen molar-refractivity contribution in [1.29, 1.82) is 0 Å². The lowest BCUT2D eigenvalue weighted by atomic mass is 10.1. The van der Waals surface area contributed by atoms with Gasteiger partial charge in [0.05, 0.1) is 19.8 Å². The predicted molar refractivity (Wildman–Crippen MR) is 105 cm³/mol. The second-order valence-electron chi connectivity index (χ2n) is 5.87. The molecule has 0 fully saturated rings. The largest absolute Gasteiger partial charge is 0.497 e. The molecule has 1 N–H and O–H groups in total. The maximum absolute atomic E-state index is 12.6. The van der Waals surface area contributed by atoms with Crippen LogP contribution in [-0.4, -0.2) is 13.0 Å². The van der Waals surface area contributed by atoms with E-state index in [2.05, 4.69) is 5.32 Å². The fraction of sp³-hybridized carbons (Fsp3) is 0.0952. The summed E-state index contributed by atoms with van der Waals surface area (Å²) in [7, 11) is 1.61. The smallest absolute Gasteiger partial charge is 0.228 e. The van der Waals surface area contributed by atoms with Crippen molar-refractivity contribution in [2.24, 2.45) is 0 Å². The van der Waals surface area contributed by atoms with E-state index in [1.54, 1.807) is 24.7 Å². The fourth-order valence-electron chi connectivity index (χ4n) is 2.93. The Morgan fingerprint density at radius 3 is 2.85 bits per heavy atom. The zero-order valence-electron chi connectivity index (χ0n) is 14.2. The summed E-state index contributed by atoms with van der Waals surface area (Å²) in [6, 6.07) is 17.5. The Labute approximate surface area is 155 Å². The molecule has 0 saturated carbocycles. The minimum absolute atomic E-state index is 0.0764. The number of para-hydroxylation sites is 1. The molecule has 0 atom stereocenters. The van der Waals surface area contributed by atoms with Crippen LogP contribution in [0.4, 0.5) is 5.69 Å². The number of benzene rings is 2. The van der Waals surface area contributed by atoms with Gasteiger partial charge in [-0.25, -0.2) is 0 Å². The molecule has 0 unspecified atom stereocenters. The number of carbonyl (C=O) groups is 1. The normalized spacial score (nSPS) is 10.8. The number of amides is 1. The maximum Gasteiger partial charge on any atom is 0.228 e. The first kappa shape index (κ1) is 16.4. The van der Waals surface area contributed by atoms with Gasteiger partial charge in [0.2, 0.25) is 5.91 Å². The van der Waals surface area contributed by atoms with Crippen LogP contribution >= 0.6 is 11.3 Å². The van der Waals surface area contributed by atoms with E-state index in [4.69, 9.17) is 9.15 Å². The zero-order chi connectivity index (χ0) is 17.9. The van der Waals surface area contributed by atoms with Crippen LogP contribution < -0.4 is 10.1 Å². The number of methoxy groups -OCH3 is 1. The molecule has 4 rings (SSSR count). The van der Waals surface area contributed by atoms with Crippen LogP contribution in [0.1, 0.15) is 5.56 Å². The minimum Gasteiger partial charge on any atom is -0.497 e. The lowest BCUT2D eigenvalue weighted by Crippen LogP contribution is -2.14. The Bertz CT molecular complexity index is 1050. The molecule has 4 nitrogen and oxygen atoms in total. The number of ether oxygens (including phenoxy) is 1. The number of fused-ring (bicyclic) bond motifs is 1. The van der Waals surface area contributed by atoms with Crippen LogP contribution in [0.5, 0.6) is 5.75 Å². The van der Waals surface area contributed by atoms with E-state index in [1.165, 1.54) is 0 Å². The lowest BCUT2D eigenvalue weighted by Gasteiger charge is -2.09. The van der Waals surface area contributed by atoms with Crippen molar-refractivity contribution in [2.75, 3.05) is 12.4 Å². The average Bonchev–Trinajstić information content (AvgIpc) is 3.32. The Kier molecular flexibility index (Phi) is 4.46. The summed E-state index contributed by atoms with van der Waals surface area (Å²) in [5.41, 5.74) is 3.41. The van der Waals surface area contributed by atoms with Gasteiger partial charge in [0.1, 0.15) is 11.3 Å². The van der Waals surface area contributed by atoms with E-state index >= 15 is 0 Å². The van der Waals surface area contributed by atoms with Crippen molar-refractivity contribution in [3.8, 4) is 16.2 Å².